The lowest BCUT2D eigenvalue weighted by Gasteiger charge is -2.31. The molecule has 0 aliphatic carbocycles. The molecule has 0 radical (unpaired) electrons. The van der Waals surface area contributed by atoms with Crippen molar-refractivity contribution in [2.24, 2.45) is 0 Å². The Morgan fingerprint density at radius 2 is 0.787 bits per heavy atom. The molecule has 2 unspecified atom stereocenters. The molecule has 0 aromatic carbocycles. The third-order valence-electron chi connectivity index (χ3n) is 9.33. The van der Waals surface area contributed by atoms with Gasteiger partial charge in [0.1, 0.15) is 12.2 Å². The first-order chi connectivity index (χ1) is 22.9. The highest BCUT2D eigenvalue weighted by molar-refractivity contribution is 5.69. The molecule has 0 fully saturated rings. The van der Waals surface area contributed by atoms with E-state index in [0.717, 1.165) is 96.8 Å². The summed E-state index contributed by atoms with van der Waals surface area (Å²) in [4.78, 5) is 30.5. The molecule has 0 amide bonds. The number of unbranched alkanes of at least 4 members (excludes halogenated alkanes) is 18. The van der Waals surface area contributed by atoms with Gasteiger partial charge < -0.3 is 14.4 Å². The Morgan fingerprint density at radius 1 is 0.447 bits per heavy atom. The maximum atomic E-state index is 12.9. The summed E-state index contributed by atoms with van der Waals surface area (Å²) < 4.78 is 12.3. The molecule has 6 heteroatoms. The molecule has 0 N–H and O–H groups in total. The smallest absolute Gasteiger partial charge is 0.306 e. The fraction of sp³-hybridized carbons (Fsp3) is 0.951. The van der Waals surface area contributed by atoms with Gasteiger partial charge in [-0.15, -0.1) is 0 Å². The first-order valence-electron chi connectivity index (χ1n) is 20.6. The van der Waals surface area contributed by atoms with E-state index in [1.165, 1.54) is 89.9 Å². The minimum Gasteiger partial charge on any atom is -0.461 e. The standard InChI is InChI=1S/C41H82N2O4/c1-7-11-15-17-19-21-23-25-27-32-40(44)46-38(30-13-9-3)36-43(35-29-34-42(5)6)37-39(31-14-10-4)47-41(45)33-28-26-24-22-20-18-16-12-8-2/h38-39H,7-37H2,1-6H3. The van der Waals surface area contributed by atoms with Crippen molar-refractivity contribution in [3.8, 4) is 0 Å². The summed E-state index contributed by atoms with van der Waals surface area (Å²) in [5.74, 6) is -0.0885. The van der Waals surface area contributed by atoms with Crippen molar-refractivity contribution in [1.82, 2.24) is 9.80 Å². The lowest BCUT2D eigenvalue weighted by Crippen LogP contribution is -2.42. The highest BCUT2D eigenvalue weighted by atomic mass is 16.5. The van der Waals surface area contributed by atoms with E-state index in [0.29, 0.717) is 12.8 Å². The SMILES string of the molecule is CCCCCCCCCCCC(=O)OC(CCCC)CN(CCCN(C)C)CC(CCCC)OC(=O)CCCCCCCCCCC. The van der Waals surface area contributed by atoms with Crippen LogP contribution < -0.4 is 0 Å². The van der Waals surface area contributed by atoms with E-state index in [4.69, 9.17) is 9.47 Å². The average Bonchev–Trinajstić information content (AvgIpc) is 3.04. The lowest BCUT2D eigenvalue weighted by molar-refractivity contribution is -0.152. The summed E-state index contributed by atoms with van der Waals surface area (Å²) in [6.07, 6.45) is 30.3. The van der Waals surface area contributed by atoms with Crippen LogP contribution >= 0.6 is 0 Å². The van der Waals surface area contributed by atoms with Gasteiger partial charge in [-0.3, -0.25) is 14.5 Å². The van der Waals surface area contributed by atoms with E-state index in [1.54, 1.807) is 0 Å². The van der Waals surface area contributed by atoms with Gasteiger partial charge in [0.05, 0.1) is 0 Å². The zero-order chi connectivity index (χ0) is 34.8. The van der Waals surface area contributed by atoms with Gasteiger partial charge in [0.25, 0.3) is 0 Å². The summed E-state index contributed by atoms with van der Waals surface area (Å²) in [5.41, 5.74) is 0. The van der Waals surface area contributed by atoms with Crippen LogP contribution in [0.5, 0.6) is 0 Å². The van der Waals surface area contributed by atoms with Crippen molar-refractivity contribution < 1.29 is 19.1 Å². The van der Waals surface area contributed by atoms with E-state index >= 15 is 0 Å². The van der Waals surface area contributed by atoms with Crippen LogP contribution in [-0.2, 0) is 19.1 Å². The maximum absolute atomic E-state index is 12.9. The van der Waals surface area contributed by atoms with Crippen LogP contribution in [0.25, 0.3) is 0 Å². The highest BCUT2D eigenvalue weighted by Crippen LogP contribution is 2.17. The molecule has 0 spiro atoms. The normalized spacial score (nSPS) is 12.9. The van der Waals surface area contributed by atoms with Crippen molar-refractivity contribution in [3.63, 3.8) is 0 Å². The van der Waals surface area contributed by atoms with Gasteiger partial charge in [-0.05, 0) is 72.1 Å². The number of carbonyl (C=O) groups is 2. The second-order valence-electron chi connectivity index (χ2n) is 14.6. The molecule has 280 valence electrons. The van der Waals surface area contributed by atoms with E-state index in [1.807, 2.05) is 0 Å². The Hall–Kier alpha value is -1.14. The fourth-order valence-electron chi connectivity index (χ4n) is 6.33. The number of nitrogens with zero attached hydrogens (tertiary/aromatic N) is 2. The summed E-state index contributed by atoms with van der Waals surface area (Å²) in [6, 6.07) is 0. The van der Waals surface area contributed by atoms with Gasteiger partial charge in [-0.2, -0.15) is 0 Å². The number of esters is 2. The predicted octanol–water partition coefficient (Wildman–Crippen LogP) is 11.3. The number of ether oxygens (including phenoxy) is 2. The van der Waals surface area contributed by atoms with Crippen LogP contribution in [0.3, 0.4) is 0 Å². The molecule has 0 saturated carbocycles. The molecule has 0 heterocycles. The summed E-state index contributed by atoms with van der Waals surface area (Å²) in [5, 5.41) is 0. The largest absolute Gasteiger partial charge is 0.461 e. The molecule has 0 saturated heterocycles. The zero-order valence-electron chi connectivity index (χ0n) is 32.6. The van der Waals surface area contributed by atoms with Gasteiger partial charge in [0, 0.05) is 25.9 Å². The number of rotatable bonds is 36. The van der Waals surface area contributed by atoms with E-state index in [9.17, 15) is 9.59 Å². The van der Waals surface area contributed by atoms with Gasteiger partial charge in [0.2, 0.25) is 0 Å². The predicted molar refractivity (Wildman–Crippen MR) is 202 cm³/mol. The van der Waals surface area contributed by atoms with Gasteiger partial charge in [-0.1, -0.05) is 143 Å². The van der Waals surface area contributed by atoms with Gasteiger partial charge >= 0.3 is 11.9 Å². The Morgan fingerprint density at radius 3 is 1.13 bits per heavy atom. The number of hydrogen-bond acceptors (Lipinski definition) is 6. The third-order valence-corrected chi connectivity index (χ3v) is 9.33. The molecule has 0 aliphatic rings. The first-order valence-corrected chi connectivity index (χ1v) is 20.6. The molecular weight excluding hydrogens is 584 g/mol. The van der Waals surface area contributed by atoms with Gasteiger partial charge in [-0.25, -0.2) is 0 Å². The Bertz CT molecular complexity index is 636. The molecule has 47 heavy (non-hydrogen) atoms. The van der Waals surface area contributed by atoms with Crippen LogP contribution in [0.2, 0.25) is 0 Å². The molecule has 0 rings (SSSR count). The van der Waals surface area contributed by atoms with Crippen molar-refractivity contribution in [1.29, 1.82) is 0 Å². The van der Waals surface area contributed by atoms with Crippen LogP contribution in [0.1, 0.15) is 201 Å². The van der Waals surface area contributed by atoms with Crippen LogP contribution in [0, 0.1) is 0 Å². The maximum Gasteiger partial charge on any atom is 0.306 e. The van der Waals surface area contributed by atoms with E-state index < -0.39 is 0 Å². The van der Waals surface area contributed by atoms with Crippen LogP contribution in [-0.4, -0.2) is 74.2 Å². The van der Waals surface area contributed by atoms with Crippen molar-refractivity contribution in [2.45, 2.75) is 213 Å². The molecule has 0 aliphatic heterocycles. The molecule has 0 bridgehead atoms. The Labute approximate surface area is 293 Å². The topological polar surface area (TPSA) is 59.1 Å². The van der Waals surface area contributed by atoms with E-state index in [-0.39, 0.29) is 24.1 Å². The minimum absolute atomic E-state index is 0.0442. The Kier molecular flexibility index (Phi) is 33.9. The van der Waals surface area contributed by atoms with Gasteiger partial charge in [0.15, 0.2) is 0 Å². The van der Waals surface area contributed by atoms with E-state index in [2.05, 4.69) is 51.6 Å². The second-order valence-corrected chi connectivity index (χ2v) is 14.6. The minimum atomic E-state index is -0.107. The molecule has 2 atom stereocenters. The van der Waals surface area contributed by atoms with Crippen LogP contribution in [0.15, 0.2) is 0 Å². The number of carbonyl (C=O) groups excluding carboxylic acids is 2. The zero-order valence-corrected chi connectivity index (χ0v) is 32.6. The van der Waals surface area contributed by atoms with Crippen molar-refractivity contribution in [2.75, 3.05) is 40.3 Å². The average molecular weight is 667 g/mol. The molecule has 0 aromatic rings. The lowest BCUT2D eigenvalue weighted by atomic mass is 10.1. The first kappa shape index (κ1) is 45.9. The fourth-order valence-corrected chi connectivity index (χ4v) is 6.33. The number of hydrogen-bond donors (Lipinski definition) is 0. The van der Waals surface area contributed by atoms with Crippen LogP contribution in [0.4, 0.5) is 0 Å². The summed E-state index contributed by atoms with van der Waals surface area (Å²) in [6.45, 7) is 12.3. The van der Waals surface area contributed by atoms with Crippen molar-refractivity contribution >= 4 is 11.9 Å². The second kappa shape index (κ2) is 34.7. The molecular formula is C41H82N2O4. The van der Waals surface area contributed by atoms with Crippen molar-refractivity contribution in [3.05, 3.63) is 0 Å². The Balaban J connectivity index is 4.97. The molecule has 6 nitrogen and oxygen atoms in total. The third kappa shape index (κ3) is 31.9. The monoisotopic (exact) mass is 667 g/mol. The molecule has 0 aromatic heterocycles. The highest BCUT2D eigenvalue weighted by Gasteiger charge is 2.23. The quantitative estimate of drug-likeness (QED) is 0.0490. The summed E-state index contributed by atoms with van der Waals surface area (Å²) in [7, 11) is 4.22. The summed E-state index contributed by atoms with van der Waals surface area (Å²) >= 11 is 0.